The Labute approximate surface area is 103 Å². The molecule has 16 heavy (non-hydrogen) atoms. The van der Waals surface area contributed by atoms with Crippen LogP contribution in [0, 0.1) is 17.2 Å². The number of amides is 1. The molecule has 0 aliphatic carbocycles. The normalized spacial score (nSPS) is 20.9. The number of thiophene rings is 1. The molecule has 5 heteroatoms. The summed E-state index contributed by atoms with van der Waals surface area (Å²) in [6.07, 6.45) is 1.14. The fraction of sp³-hybridized carbons (Fsp3) is 0.455. The lowest BCUT2D eigenvalue weighted by Gasteiger charge is -2.28. The lowest BCUT2D eigenvalue weighted by Crippen LogP contribution is -2.37. The molecule has 1 aromatic rings. The predicted molar refractivity (Wildman–Crippen MR) is 63.1 cm³/mol. The quantitative estimate of drug-likeness (QED) is 0.814. The van der Waals surface area contributed by atoms with E-state index in [4.69, 9.17) is 16.9 Å². The van der Waals surface area contributed by atoms with Crippen molar-refractivity contribution in [1.29, 1.82) is 5.26 Å². The van der Waals surface area contributed by atoms with Crippen molar-refractivity contribution >= 4 is 28.8 Å². The summed E-state index contributed by atoms with van der Waals surface area (Å²) in [7, 11) is 0. The van der Waals surface area contributed by atoms with Gasteiger partial charge in [-0.1, -0.05) is 11.6 Å². The first-order chi connectivity index (χ1) is 7.69. The fourth-order valence-corrected chi connectivity index (χ4v) is 2.88. The molecule has 1 amide bonds. The Balaban J connectivity index is 1.97. The number of hydrogen-bond donors (Lipinski definition) is 0. The Bertz CT molecular complexity index is 437. The molecule has 0 radical (unpaired) electrons. The van der Waals surface area contributed by atoms with E-state index < -0.39 is 0 Å². The molecular weight excluding hydrogens is 244 g/mol. The fourth-order valence-electron chi connectivity index (χ4n) is 1.78. The largest absolute Gasteiger partial charge is 0.337 e. The molecule has 0 N–H and O–H groups in total. The first-order valence-electron chi connectivity index (χ1n) is 5.10. The third-order valence-electron chi connectivity index (χ3n) is 2.68. The Morgan fingerprint density at radius 1 is 1.62 bits per heavy atom. The van der Waals surface area contributed by atoms with Gasteiger partial charge in [-0.05, 0) is 18.6 Å². The molecule has 0 aromatic carbocycles. The van der Waals surface area contributed by atoms with Gasteiger partial charge >= 0.3 is 0 Å². The van der Waals surface area contributed by atoms with Crippen LogP contribution in [-0.2, 0) is 11.3 Å². The van der Waals surface area contributed by atoms with Crippen molar-refractivity contribution in [3.8, 4) is 6.07 Å². The van der Waals surface area contributed by atoms with Gasteiger partial charge in [0, 0.05) is 17.8 Å². The first kappa shape index (κ1) is 11.4. The maximum absolute atomic E-state index is 11.7. The van der Waals surface area contributed by atoms with Gasteiger partial charge in [-0.3, -0.25) is 4.79 Å². The van der Waals surface area contributed by atoms with E-state index in [0.29, 0.717) is 19.5 Å². The van der Waals surface area contributed by atoms with Crippen LogP contribution in [0.3, 0.4) is 0 Å². The molecule has 0 saturated carbocycles. The van der Waals surface area contributed by atoms with E-state index in [2.05, 4.69) is 6.07 Å². The summed E-state index contributed by atoms with van der Waals surface area (Å²) in [5.74, 6) is -0.0296. The van der Waals surface area contributed by atoms with Crippen LogP contribution >= 0.6 is 22.9 Å². The molecule has 3 nitrogen and oxygen atoms in total. The Kier molecular flexibility index (Phi) is 3.47. The van der Waals surface area contributed by atoms with Gasteiger partial charge in [-0.25, -0.2) is 0 Å². The minimum atomic E-state index is -0.101. The summed E-state index contributed by atoms with van der Waals surface area (Å²) in [5.41, 5.74) is 0. The molecule has 2 heterocycles. The standard InChI is InChI=1S/C11H11ClN2OS/c12-10-2-1-9(16-10)7-14-4-3-8(6-13)5-11(14)15/h1-2,8H,3-5,7H2. The van der Waals surface area contributed by atoms with E-state index in [1.54, 1.807) is 4.90 Å². The van der Waals surface area contributed by atoms with Crippen LogP contribution in [0.15, 0.2) is 12.1 Å². The molecule has 1 aliphatic rings. The topological polar surface area (TPSA) is 44.1 Å². The van der Waals surface area contributed by atoms with Crippen LogP contribution in [-0.4, -0.2) is 17.4 Å². The van der Waals surface area contributed by atoms with Gasteiger partial charge in [-0.15, -0.1) is 11.3 Å². The monoisotopic (exact) mass is 254 g/mol. The highest BCUT2D eigenvalue weighted by Crippen LogP contribution is 2.25. The highest BCUT2D eigenvalue weighted by atomic mass is 35.5. The molecule has 2 rings (SSSR count). The van der Waals surface area contributed by atoms with Crippen molar-refractivity contribution in [1.82, 2.24) is 4.90 Å². The van der Waals surface area contributed by atoms with Crippen molar-refractivity contribution in [2.24, 2.45) is 5.92 Å². The molecule has 1 fully saturated rings. The number of likely N-dealkylation sites (tertiary alicyclic amines) is 1. The van der Waals surface area contributed by atoms with Gasteiger partial charge in [-0.2, -0.15) is 5.26 Å². The molecule has 84 valence electrons. The van der Waals surface area contributed by atoms with Gasteiger partial charge in [0.1, 0.15) is 0 Å². The smallest absolute Gasteiger partial charge is 0.224 e. The zero-order chi connectivity index (χ0) is 11.5. The van der Waals surface area contributed by atoms with E-state index in [-0.39, 0.29) is 11.8 Å². The van der Waals surface area contributed by atoms with Crippen LogP contribution in [0.1, 0.15) is 17.7 Å². The van der Waals surface area contributed by atoms with Gasteiger partial charge in [0.05, 0.1) is 22.9 Å². The van der Waals surface area contributed by atoms with E-state index in [0.717, 1.165) is 15.6 Å². The zero-order valence-corrected chi connectivity index (χ0v) is 10.2. The predicted octanol–water partition coefficient (Wildman–Crippen LogP) is 2.66. The number of carbonyl (C=O) groups is 1. The summed E-state index contributed by atoms with van der Waals surface area (Å²) in [4.78, 5) is 14.6. The molecule has 1 aliphatic heterocycles. The summed E-state index contributed by atoms with van der Waals surface area (Å²) >= 11 is 7.33. The molecular formula is C11H11ClN2OS. The minimum Gasteiger partial charge on any atom is -0.337 e. The average molecular weight is 255 g/mol. The van der Waals surface area contributed by atoms with Crippen molar-refractivity contribution in [3.63, 3.8) is 0 Å². The summed E-state index contributed by atoms with van der Waals surface area (Å²) < 4.78 is 0.745. The van der Waals surface area contributed by atoms with Crippen molar-refractivity contribution in [3.05, 3.63) is 21.3 Å². The molecule has 1 saturated heterocycles. The van der Waals surface area contributed by atoms with Crippen LogP contribution in [0.4, 0.5) is 0 Å². The zero-order valence-electron chi connectivity index (χ0n) is 8.65. The van der Waals surface area contributed by atoms with Crippen molar-refractivity contribution < 1.29 is 4.79 Å². The van der Waals surface area contributed by atoms with Crippen LogP contribution in [0.5, 0.6) is 0 Å². The second-order valence-electron chi connectivity index (χ2n) is 3.84. The maximum atomic E-state index is 11.7. The second kappa shape index (κ2) is 4.86. The van der Waals surface area contributed by atoms with Crippen LogP contribution < -0.4 is 0 Å². The molecule has 1 aromatic heterocycles. The molecule has 1 atom stereocenters. The molecule has 0 bridgehead atoms. The van der Waals surface area contributed by atoms with Gasteiger partial charge in [0.2, 0.25) is 5.91 Å². The highest BCUT2D eigenvalue weighted by Gasteiger charge is 2.25. The SMILES string of the molecule is N#CC1CCN(Cc2ccc(Cl)s2)C(=O)C1. The van der Waals surface area contributed by atoms with E-state index >= 15 is 0 Å². The summed E-state index contributed by atoms with van der Waals surface area (Å²) in [6.45, 7) is 1.29. The first-order valence-corrected chi connectivity index (χ1v) is 6.30. The maximum Gasteiger partial charge on any atom is 0.224 e. The van der Waals surface area contributed by atoms with Crippen LogP contribution in [0.2, 0.25) is 4.34 Å². The number of piperidine rings is 1. The third-order valence-corrected chi connectivity index (χ3v) is 3.90. The summed E-state index contributed by atoms with van der Waals surface area (Å²) in [5, 5.41) is 8.75. The van der Waals surface area contributed by atoms with Crippen molar-refractivity contribution in [2.75, 3.05) is 6.54 Å². The molecule has 1 unspecified atom stereocenters. The van der Waals surface area contributed by atoms with E-state index in [1.165, 1.54) is 11.3 Å². The van der Waals surface area contributed by atoms with Crippen molar-refractivity contribution in [2.45, 2.75) is 19.4 Å². The van der Waals surface area contributed by atoms with Gasteiger partial charge < -0.3 is 4.90 Å². The number of rotatable bonds is 2. The number of carbonyl (C=O) groups excluding carboxylic acids is 1. The lowest BCUT2D eigenvalue weighted by atomic mass is 9.98. The van der Waals surface area contributed by atoms with E-state index in [9.17, 15) is 4.79 Å². The number of nitriles is 1. The van der Waals surface area contributed by atoms with Gasteiger partial charge in [0.25, 0.3) is 0 Å². The Morgan fingerprint density at radius 2 is 2.44 bits per heavy atom. The molecule has 0 spiro atoms. The minimum absolute atomic E-state index is 0.0716. The third kappa shape index (κ3) is 2.55. The Morgan fingerprint density at radius 3 is 3.00 bits per heavy atom. The Hall–Kier alpha value is -1.05. The number of nitrogens with zero attached hydrogens (tertiary/aromatic N) is 2. The number of halogens is 1. The lowest BCUT2D eigenvalue weighted by molar-refractivity contribution is -0.134. The second-order valence-corrected chi connectivity index (χ2v) is 5.64. The van der Waals surface area contributed by atoms with Gasteiger partial charge in [0.15, 0.2) is 0 Å². The average Bonchev–Trinajstić information content (AvgIpc) is 2.67. The summed E-state index contributed by atoms with van der Waals surface area (Å²) in [6, 6.07) is 5.94. The number of hydrogen-bond acceptors (Lipinski definition) is 3. The highest BCUT2D eigenvalue weighted by molar-refractivity contribution is 7.16. The van der Waals surface area contributed by atoms with Crippen LogP contribution in [0.25, 0.3) is 0 Å². The van der Waals surface area contributed by atoms with E-state index in [1.807, 2.05) is 12.1 Å².